The number of likely N-dealkylation sites (N-methyl/N-ethyl adjacent to an activating group) is 1. The Labute approximate surface area is 193 Å². The molecule has 1 saturated heterocycles. The predicted octanol–water partition coefficient (Wildman–Crippen LogP) is 4.16. The Morgan fingerprint density at radius 1 is 1.26 bits per heavy atom. The minimum Gasteiger partial charge on any atom is -0.507 e. The zero-order valence-electron chi connectivity index (χ0n) is 17.7. The summed E-state index contributed by atoms with van der Waals surface area (Å²) in [5.41, 5.74) is 1.26. The monoisotopic (exact) mass is 467 g/mol. The summed E-state index contributed by atoms with van der Waals surface area (Å²) in [5, 5.41) is 21.5. The minimum atomic E-state index is -0.417. The van der Waals surface area contributed by atoms with E-state index in [0.717, 1.165) is 13.0 Å². The van der Waals surface area contributed by atoms with E-state index in [-0.39, 0.29) is 48.0 Å². The van der Waals surface area contributed by atoms with E-state index in [9.17, 15) is 15.0 Å². The lowest BCUT2D eigenvalue weighted by atomic mass is 9.87. The summed E-state index contributed by atoms with van der Waals surface area (Å²) < 4.78 is 10.9. The van der Waals surface area contributed by atoms with Gasteiger partial charge in [0.2, 0.25) is 0 Å². The van der Waals surface area contributed by atoms with Gasteiger partial charge in [0.15, 0.2) is 5.78 Å². The lowest BCUT2D eigenvalue weighted by Gasteiger charge is -2.26. The van der Waals surface area contributed by atoms with Crippen molar-refractivity contribution in [2.24, 2.45) is 0 Å². The van der Waals surface area contributed by atoms with Crippen LogP contribution in [0.3, 0.4) is 0 Å². The highest BCUT2D eigenvalue weighted by Gasteiger charge is 2.37. The van der Waals surface area contributed by atoms with Gasteiger partial charge in [-0.25, -0.2) is 0 Å². The molecule has 1 fully saturated rings. The van der Waals surface area contributed by atoms with Gasteiger partial charge in [-0.2, -0.15) is 0 Å². The Kier molecular flexibility index (Phi) is 8.77. The van der Waals surface area contributed by atoms with E-state index in [1.165, 1.54) is 20.3 Å². The second-order valence-corrected chi connectivity index (χ2v) is 7.67. The van der Waals surface area contributed by atoms with Crippen molar-refractivity contribution in [2.45, 2.75) is 18.4 Å². The van der Waals surface area contributed by atoms with Gasteiger partial charge in [-0.3, -0.25) is 4.79 Å². The third kappa shape index (κ3) is 4.99. The maximum absolute atomic E-state index is 13.0. The number of aliphatic hydroxyl groups excluding tert-OH is 1. The number of benzene rings is 2. The number of carbonyl (C=O) groups excluding carboxylic acids is 1. The first kappa shape index (κ1) is 25.0. The molecule has 0 aromatic heterocycles. The van der Waals surface area contributed by atoms with Crippen molar-refractivity contribution < 1.29 is 24.5 Å². The molecular weight excluding hydrogens is 441 g/mol. The number of carbonyl (C=O) groups is 1. The number of ether oxygens (including phenoxy) is 2. The fraction of sp³-hybridized carbons (Fsp3) is 0.348. The van der Waals surface area contributed by atoms with Crippen LogP contribution in [0.5, 0.6) is 17.2 Å². The highest BCUT2D eigenvalue weighted by atomic mass is 35.5. The highest BCUT2D eigenvalue weighted by molar-refractivity contribution is 6.32. The van der Waals surface area contributed by atoms with E-state index in [4.69, 9.17) is 21.1 Å². The van der Waals surface area contributed by atoms with Gasteiger partial charge in [0.25, 0.3) is 0 Å². The molecule has 0 radical (unpaired) electrons. The summed E-state index contributed by atoms with van der Waals surface area (Å²) in [7, 11) is 4.86. The number of nitrogens with zero attached hydrogens (tertiary/aromatic N) is 1. The molecule has 0 aliphatic carbocycles. The molecule has 1 aliphatic heterocycles. The zero-order valence-corrected chi connectivity index (χ0v) is 19.2. The maximum atomic E-state index is 13.0. The molecule has 2 aromatic carbocycles. The maximum Gasteiger partial charge on any atom is 0.193 e. The largest absolute Gasteiger partial charge is 0.507 e. The first-order valence-corrected chi connectivity index (χ1v) is 10.1. The summed E-state index contributed by atoms with van der Waals surface area (Å²) in [6.07, 6.45) is 3.69. The molecule has 0 amide bonds. The normalized spacial score (nSPS) is 18.7. The van der Waals surface area contributed by atoms with Crippen LogP contribution in [0, 0.1) is 0 Å². The summed E-state index contributed by atoms with van der Waals surface area (Å²) in [6, 6.07) is 8.59. The average Bonchev–Trinajstić information content (AvgIpc) is 3.11. The Morgan fingerprint density at radius 2 is 1.94 bits per heavy atom. The van der Waals surface area contributed by atoms with Crippen LogP contribution in [0.2, 0.25) is 5.02 Å². The van der Waals surface area contributed by atoms with E-state index >= 15 is 0 Å². The first-order valence-electron chi connectivity index (χ1n) is 9.68. The number of aliphatic hydroxyl groups is 1. The van der Waals surface area contributed by atoms with Crippen molar-refractivity contribution >= 4 is 35.9 Å². The van der Waals surface area contributed by atoms with Crippen molar-refractivity contribution in [3.8, 4) is 17.2 Å². The van der Waals surface area contributed by atoms with Crippen molar-refractivity contribution in [1.29, 1.82) is 0 Å². The smallest absolute Gasteiger partial charge is 0.193 e. The number of phenols is 1. The van der Waals surface area contributed by atoms with Gasteiger partial charge >= 0.3 is 0 Å². The summed E-state index contributed by atoms with van der Waals surface area (Å²) >= 11 is 6.16. The molecule has 2 aromatic rings. The summed E-state index contributed by atoms with van der Waals surface area (Å²) in [6.45, 7) is 0.700. The standard InChI is InChI=1S/C23H26ClNO5.ClH/c1-25-11-10-15(17(25)13-26)21-19(29-2)12-20(30-3)22(23(21)28)18(27)9-8-14-6-4-5-7-16(14)24;/h4-9,12,15,17,26,28H,10-11,13H2,1-3H3;1H. The number of rotatable bonds is 7. The SMILES string of the molecule is COc1cc(OC)c(C2CCN(C)C2CO)c(O)c1C(=O)C=Cc1ccccc1Cl.Cl. The number of phenolic OH excluding ortho intramolecular Hbond substituents is 1. The lowest BCUT2D eigenvalue weighted by molar-refractivity contribution is 0.104. The van der Waals surface area contributed by atoms with Crippen LogP contribution in [-0.2, 0) is 0 Å². The van der Waals surface area contributed by atoms with Crippen molar-refractivity contribution in [2.75, 3.05) is 34.4 Å². The van der Waals surface area contributed by atoms with E-state index in [1.807, 2.05) is 24.1 Å². The number of aromatic hydroxyl groups is 1. The Balaban J connectivity index is 0.00000341. The van der Waals surface area contributed by atoms with Crippen molar-refractivity contribution in [1.82, 2.24) is 4.90 Å². The molecule has 0 saturated carbocycles. The Hall–Kier alpha value is -2.25. The summed E-state index contributed by atoms with van der Waals surface area (Å²) in [5.74, 6) is -0.137. The quantitative estimate of drug-likeness (QED) is 0.470. The molecule has 2 N–H and O–H groups in total. The molecular formula is C23H27Cl2NO5. The Bertz CT molecular complexity index is 963. The van der Waals surface area contributed by atoms with E-state index in [2.05, 4.69) is 0 Å². The molecule has 0 bridgehead atoms. The second kappa shape index (κ2) is 10.9. The van der Waals surface area contributed by atoms with Crippen LogP contribution in [0.25, 0.3) is 6.08 Å². The van der Waals surface area contributed by atoms with Crippen LogP contribution < -0.4 is 9.47 Å². The average molecular weight is 468 g/mol. The van der Waals surface area contributed by atoms with Crippen LogP contribution in [0.15, 0.2) is 36.4 Å². The van der Waals surface area contributed by atoms with Gasteiger partial charge in [-0.05, 0) is 43.8 Å². The third-order valence-corrected chi connectivity index (χ3v) is 6.00. The Morgan fingerprint density at radius 3 is 2.55 bits per heavy atom. The van der Waals surface area contributed by atoms with Crippen molar-refractivity contribution in [3.05, 3.63) is 58.1 Å². The number of methoxy groups -OCH3 is 2. The molecule has 3 rings (SSSR count). The number of hydrogen-bond acceptors (Lipinski definition) is 6. The number of likely N-dealkylation sites (tertiary alicyclic amines) is 1. The molecule has 6 nitrogen and oxygen atoms in total. The van der Waals surface area contributed by atoms with Crippen LogP contribution in [-0.4, -0.2) is 61.4 Å². The van der Waals surface area contributed by atoms with E-state index < -0.39 is 5.78 Å². The molecule has 0 spiro atoms. The molecule has 8 heteroatoms. The van der Waals surface area contributed by atoms with E-state index in [1.54, 1.807) is 24.3 Å². The van der Waals surface area contributed by atoms with E-state index in [0.29, 0.717) is 21.9 Å². The van der Waals surface area contributed by atoms with Crippen LogP contribution in [0.1, 0.15) is 33.8 Å². The molecule has 2 unspecified atom stereocenters. The van der Waals surface area contributed by atoms with Gasteiger partial charge in [0.05, 0.1) is 20.8 Å². The molecule has 168 valence electrons. The van der Waals surface area contributed by atoms with Gasteiger partial charge in [-0.15, -0.1) is 12.4 Å². The predicted molar refractivity (Wildman–Crippen MR) is 124 cm³/mol. The van der Waals surface area contributed by atoms with Crippen LogP contribution >= 0.6 is 24.0 Å². The number of ketones is 1. The first-order chi connectivity index (χ1) is 14.4. The molecule has 1 aliphatic rings. The van der Waals surface area contributed by atoms with Crippen LogP contribution in [0.4, 0.5) is 0 Å². The fourth-order valence-corrected chi connectivity index (χ4v) is 4.23. The van der Waals surface area contributed by atoms with Gasteiger partial charge < -0.3 is 24.6 Å². The minimum absolute atomic E-state index is 0. The molecule has 1 heterocycles. The van der Waals surface area contributed by atoms with Gasteiger partial charge in [-0.1, -0.05) is 29.8 Å². The lowest BCUT2D eigenvalue weighted by Crippen LogP contribution is -2.32. The summed E-state index contributed by atoms with van der Waals surface area (Å²) in [4.78, 5) is 15.1. The topological polar surface area (TPSA) is 79.2 Å². The van der Waals surface area contributed by atoms with Crippen molar-refractivity contribution in [3.63, 3.8) is 0 Å². The third-order valence-electron chi connectivity index (χ3n) is 5.65. The fourth-order valence-electron chi connectivity index (χ4n) is 4.03. The molecule has 31 heavy (non-hydrogen) atoms. The number of hydrogen-bond donors (Lipinski definition) is 2. The number of allylic oxidation sites excluding steroid dienone is 1. The molecule has 2 atom stereocenters. The second-order valence-electron chi connectivity index (χ2n) is 7.26. The van der Waals surface area contributed by atoms with Gasteiger partial charge in [0.1, 0.15) is 22.8 Å². The number of halogens is 2. The highest BCUT2D eigenvalue weighted by Crippen LogP contribution is 2.47. The zero-order chi connectivity index (χ0) is 21.8. The van der Waals surface area contributed by atoms with Gasteiger partial charge in [0, 0.05) is 28.6 Å².